The standard InChI is InChI=1S/C17H14ClN7OS/c1-26-14-8-2-11(3-9-14)16-20-23-24(22-16)10-15-19-21-17(27)25(15)13-6-4-12(18)5-7-13/h2-9H,10H2,1H3,(H,21,27). The molecule has 0 bridgehead atoms. The van der Waals surface area contributed by atoms with Crippen molar-refractivity contribution < 1.29 is 4.74 Å². The second-order valence-corrected chi connectivity index (χ2v) is 6.45. The monoisotopic (exact) mass is 399 g/mol. The lowest BCUT2D eigenvalue weighted by atomic mass is 10.2. The van der Waals surface area contributed by atoms with Crippen molar-refractivity contribution in [2.45, 2.75) is 6.54 Å². The van der Waals surface area contributed by atoms with Crippen molar-refractivity contribution in [2.24, 2.45) is 0 Å². The Morgan fingerprint density at radius 3 is 2.56 bits per heavy atom. The number of aromatic amines is 1. The Balaban J connectivity index is 1.61. The summed E-state index contributed by atoms with van der Waals surface area (Å²) < 4.78 is 7.44. The third kappa shape index (κ3) is 3.60. The molecule has 0 spiro atoms. The number of nitrogens with one attached hydrogen (secondary N) is 1. The number of tetrazole rings is 1. The number of hydrogen-bond donors (Lipinski definition) is 1. The van der Waals surface area contributed by atoms with Gasteiger partial charge in [-0.05, 0) is 66.0 Å². The van der Waals surface area contributed by atoms with Crippen molar-refractivity contribution in [3.63, 3.8) is 0 Å². The molecule has 136 valence electrons. The predicted octanol–water partition coefficient (Wildman–Crippen LogP) is 3.29. The zero-order valence-corrected chi connectivity index (χ0v) is 15.8. The van der Waals surface area contributed by atoms with E-state index in [9.17, 15) is 0 Å². The number of hydrogen-bond acceptors (Lipinski definition) is 6. The molecule has 0 atom stereocenters. The maximum absolute atomic E-state index is 5.96. The molecule has 1 N–H and O–H groups in total. The topological polar surface area (TPSA) is 86.4 Å². The van der Waals surface area contributed by atoms with Gasteiger partial charge in [0.1, 0.15) is 12.3 Å². The Bertz CT molecular complexity index is 1120. The van der Waals surface area contributed by atoms with Crippen LogP contribution >= 0.6 is 23.8 Å². The minimum Gasteiger partial charge on any atom is -0.497 e. The number of halogens is 1. The Morgan fingerprint density at radius 1 is 1.11 bits per heavy atom. The van der Waals surface area contributed by atoms with Crippen LogP contribution in [-0.2, 0) is 6.54 Å². The van der Waals surface area contributed by atoms with Gasteiger partial charge in [-0.3, -0.25) is 9.67 Å². The van der Waals surface area contributed by atoms with Gasteiger partial charge in [0, 0.05) is 16.3 Å². The van der Waals surface area contributed by atoms with Crippen LogP contribution in [0, 0.1) is 4.77 Å². The molecule has 0 amide bonds. The SMILES string of the molecule is COc1ccc(-c2nnn(Cc3n[nH]c(=S)n3-c3ccc(Cl)cc3)n2)cc1. The minimum atomic E-state index is 0.304. The van der Waals surface area contributed by atoms with Gasteiger partial charge in [0.25, 0.3) is 0 Å². The highest BCUT2D eigenvalue weighted by molar-refractivity contribution is 7.71. The molecular weight excluding hydrogens is 386 g/mol. The average Bonchev–Trinajstić information content (AvgIpc) is 3.30. The highest BCUT2D eigenvalue weighted by Crippen LogP contribution is 2.19. The van der Waals surface area contributed by atoms with Gasteiger partial charge in [-0.15, -0.1) is 10.2 Å². The first-order valence-corrected chi connectivity index (χ1v) is 8.77. The lowest BCUT2D eigenvalue weighted by Gasteiger charge is -2.06. The maximum atomic E-state index is 5.96. The van der Waals surface area contributed by atoms with Crippen molar-refractivity contribution in [2.75, 3.05) is 7.11 Å². The van der Waals surface area contributed by atoms with Crippen LogP contribution in [0.3, 0.4) is 0 Å². The van der Waals surface area contributed by atoms with Gasteiger partial charge in [-0.2, -0.15) is 9.90 Å². The summed E-state index contributed by atoms with van der Waals surface area (Å²) in [5, 5.41) is 20.4. The third-order valence-electron chi connectivity index (χ3n) is 3.91. The number of nitrogens with zero attached hydrogens (tertiary/aromatic N) is 6. The Hall–Kier alpha value is -3.04. The Labute approximate surface area is 164 Å². The third-order valence-corrected chi connectivity index (χ3v) is 4.44. The fourth-order valence-electron chi connectivity index (χ4n) is 2.58. The van der Waals surface area contributed by atoms with Gasteiger partial charge in [-0.1, -0.05) is 11.6 Å². The zero-order valence-electron chi connectivity index (χ0n) is 14.2. The second kappa shape index (κ2) is 7.29. The van der Waals surface area contributed by atoms with E-state index in [2.05, 4.69) is 25.6 Å². The van der Waals surface area contributed by atoms with E-state index in [1.807, 2.05) is 41.0 Å². The van der Waals surface area contributed by atoms with Gasteiger partial charge in [0.15, 0.2) is 10.6 Å². The number of rotatable bonds is 5. The first-order valence-electron chi connectivity index (χ1n) is 7.98. The lowest BCUT2D eigenvalue weighted by molar-refractivity contribution is 0.415. The predicted molar refractivity (Wildman–Crippen MR) is 103 cm³/mol. The summed E-state index contributed by atoms with van der Waals surface area (Å²) in [6, 6.07) is 14.8. The van der Waals surface area contributed by atoms with Crippen molar-refractivity contribution in [3.8, 4) is 22.8 Å². The van der Waals surface area contributed by atoms with Crippen molar-refractivity contribution in [1.82, 2.24) is 35.0 Å². The molecule has 8 nitrogen and oxygen atoms in total. The number of methoxy groups -OCH3 is 1. The van der Waals surface area contributed by atoms with Crippen LogP contribution in [0.15, 0.2) is 48.5 Å². The molecule has 2 heterocycles. The average molecular weight is 400 g/mol. The van der Waals surface area contributed by atoms with E-state index < -0.39 is 0 Å². The normalized spacial score (nSPS) is 10.9. The van der Waals surface area contributed by atoms with Crippen LogP contribution in [0.25, 0.3) is 17.1 Å². The number of ether oxygens (including phenoxy) is 1. The summed E-state index contributed by atoms with van der Waals surface area (Å²) in [5.74, 6) is 1.94. The van der Waals surface area contributed by atoms with Crippen molar-refractivity contribution >= 4 is 23.8 Å². The molecule has 0 saturated heterocycles. The molecular formula is C17H14ClN7OS. The number of H-pyrrole nitrogens is 1. The zero-order chi connectivity index (χ0) is 18.8. The molecule has 4 aromatic rings. The van der Waals surface area contributed by atoms with Crippen LogP contribution in [-0.4, -0.2) is 42.1 Å². The summed E-state index contributed by atoms with van der Waals surface area (Å²) in [6.07, 6.45) is 0. The molecule has 0 aliphatic heterocycles. The summed E-state index contributed by atoms with van der Waals surface area (Å²) in [4.78, 5) is 1.47. The fraction of sp³-hybridized carbons (Fsp3) is 0.118. The fourth-order valence-corrected chi connectivity index (χ4v) is 2.97. The highest BCUT2D eigenvalue weighted by Gasteiger charge is 2.12. The summed E-state index contributed by atoms with van der Waals surface area (Å²) in [5.41, 5.74) is 1.70. The van der Waals surface area contributed by atoms with Crippen molar-refractivity contribution in [1.29, 1.82) is 0 Å². The Kier molecular flexibility index (Phi) is 4.69. The van der Waals surface area contributed by atoms with E-state index in [-0.39, 0.29) is 0 Å². The maximum Gasteiger partial charge on any atom is 0.204 e. The minimum absolute atomic E-state index is 0.304. The molecule has 0 fully saturated rings. The van der Waals surface area contributed by atoms with Crippen LogP contribution in [0.5, 0.6) is 5.75 Å². The van der Waals surface area contributed by atoms with Gasteiger partial charge >= 0.3 is 0 Å². The molecule has 0 unspecified atom stereocenters. The van der Waals surface area contributed by atoms with Gasteiger partial charge in [-0.25, -0.2) is 0 Å². The first-order chi connectivity index (χ1) is 13.1. The van der Waals surface area contributed by atoms with E-state index in [0.717, 1.165) is 17.0 Å². The molecule has 2 aromatic heterocycles. The largest absolute Gasteiger partial charge is 0.497 e. The highest BCUT2D eigenvalue weighted by atomic mass is 35.5. The molecule has 0 aliphatic carbocycles. The van der Waals surface area contributed by atoms with Crippen LogP contribution in [0.1, 0.15) is 5.82 Å². The van der Waals surface area contributed by atoms with Crippen molar-refractivity contribution in [3.05, 3.63) is 64.1 Å². The smallest absolute Gasteiger partial charge is 0.204 e. The van der Waals surface area contributed by atoms with E-state index >= 15 is 0 Å². The van der Waals surface area contributed by atoms with Crippen LogP contribution < -0.4 is 4.74 Å². The van der Waals surface area contributed by atoms with Crippen LogP contribution in [0.4, 0.5) is 0 Å². The summed E-state index contributed by atoms with van der Waals surface area (Å²) in [6.45, 7) is 0.304. The molecule has 4 rings (SSSR count). The molecule has 2 aromatic carbocycles. The summed E-state index contributed by atoms with van der Waals surface area (Å²) in [7, 11) is 1.62. The molecule has 0 saturated carbocycles. The number of aromatic nitrogens is 7. The van der Waals surface area contributed by atoms with Gasteiger partial charge in [0.2, 0.25) is 5.82 Å². The van der Waals surface area contributed by atoms with Gasteiger partial charge in [0.05, 0.1) is 7.11 Å². The van der Waals surface area contributed by atoms with E-state index in [1.54, 1.807) is 19.2 Å². The summed E-state index contributed by atoms with van der Waals surface area (Å²) >= 11 is 11.3. The molecule has 0 radical (unpaired) electrons. The second-order valence-electron chi connectivity index (χ2n) is 5.63. The molecule has 0 aliphatic rings. The van der Waals surface area contributed by atoms with E-state index in [4.69, 9.17) is 28.6 Å². The van der Waals surface area contributed by atoms with Crippen LogP contribution in [0.2, 0.25) is 5.02 Å². The number of benzene rings is 2. The quantitative estimate of drug-likeness (QED) is 0.518. The van der Waals surface area contributed by atoms with E-state index in [0.29, 0.717) is 28.0 Å². The van der Waals surface area contributed by atoms with Gasteiger partial charge < -0.3 is 4.74 Å². The molecule has 27 heavy (non-hydrogen) atoms. The first kappa shape index (κ1) is 17.4. The molecule has 10 heteroatoms. The van der Waals surface area contributed by atoms with E-state index in [1.165, 1.54) is 4.80 Å². The Morgan fingerprint density at radius 2 is 1.85 bits per heavy atom. The lowest BCUT2D eigenvalue weighted by Crippen LogP contribution is -2.10.